The lowest BCUT2D eigenvalue weighted by atomic mass is 9.74. The number of carbonyl (C=O) groups is 1. The molecule has 5 nitrogen and oxygen atoms in total. The number of ether oxygens (including phenoxy) is 1. The minimum absolute atomic E-state index is 0.0314. The lowest BCUT2D eigenvalue weighted by Gasteiger charge is -2.31. The number of aliphatic hydroxyl groups excluding tert-OH is 1. The van der Waals surface area contributed by atoms with Crippen LogP contribution in [-0.4, -0.2) is 46.2 Å². The highest BCUT2D eigenvalue weighted by molar-refractivity contribution is 5.78. The zero-order valence-corrected chi connectivity index (χ0v) is 11.8. The number of carboxylic acid groups (broad SMARTS) is 1. The van der Waals surface area contributed by atoms with Gasteiger partial charge < -0.3 is 20.1 Å². The average molecular weight is 282 g/mol. The molecule has 5 heteroatoms. The summed E-state index contributed by atoms with van der Waals surface area (Å²) < 4.78 is 5.68. The molecule has 112 valence electrons. The first-order valence-electron chi connectivity index (χ1n) is 7.30. The van der Waals surface area contributed by atoms with Gasteiger partial charge in [0.2, 0.25) is 0 Å². The molecule has 0 unspecified atom stereocenters. The van der Waals surface area contributed by atoms with Gasteiger partial charge in [0.05, 0.1) is 19.3 Å². The summed E-state index contributed by atoms with van der Waals surface area (Å²) in [6.07, 6.45) is 2.83. The van der Waals surface area contributed by atoms with Gasteiger partial charge in [0.1, 0.15) is 0 Å². The molecule has 0 radical (unpaired) electrons. The molecule has 2 saturated carbocycles. The maximum absolute atomic E-state index is 11.4. The normalized spacial score (nSPS) is 46.0. The molecule has 0 amide bonds. The van der Waals surface area contributed by atoms with Crippen molar-refractivity contribution >= 4 is 5.97 Å². The monoisotopic (exact) mass is 282 g/mol. The van der Waals surface area contributed by atoms with Gasteiger partial charge in [-0.1, -0.05) is 5.57 Å². The third-order valence-electron chi connectivity index (χ3n) is 5.72. The molecular formula is C15H22O5. The second-order valence-corrected chi connectivity index (χ2v) is 6.65. The quantitative estimate of drug-likeness (QED) is 0.660. The van der Waals surface area contributed by atoms with Gasteiger partial charge in [-0.25, -0.2) is 4.79 Å². The first-order valence-corrected chi connectivity index (χ1v) is 7.30. The van der Waals surface area contributed by atoms with Gasteiger partial charge in [-0.05, 0) is 50.5 Å². The number of fused-ring (bicyclic) bond motifs is 1. The number of aliphatic carboxylic acids is 1. The Kier molecular flexibility index (Phi) is 3.19. The molecule has 1 aliphatic heterocycles. The van der Waals surface area contributed by atoms with E-state index in [1.165, 1.54) is 5.57 Å². The Labute approximate surface area is 118 Å². The van der Waals surface area contributed by atoms with Gasteiger partial charge in [-0.3, -0.25) is 0 Å². The molecule has 0 aromatic carbocycles. The van der Waals surface area contributed by atoms with E-state index in [1.807, 2.05) is 6.92 Å². The summed E-state index contributed by atoms with van der Waals surface area (Å²) in [5, 5.41) is 29.2. The van der Waals surface area contributed by atoms with Crippen LogP contribution in [0.3, 0.4) is 0 Å². The van der Waals surface area contributed by atoms with Crippen LogP contribution in [0.2, 0.25) is 0 Å². The molecule has 1 spiro atoms. The van der Waals surface area contributed by atoms with Crippen LogP contribution in [0.4, 0.5) is 0 Å². The largest absolute Gasteiger partial charge is 0.479 e. The first kappa shape index (κ1) is 14.0. The Morgan fingerprint density at radius 3 is 2.85 bits per heavy atom. The summed E-state index contributed by atoms with van der Waals surface area (Å²) in [5.74, 6) is -0.933. The van der Waals surface area contributed by atoms with Gasteiger partial charge in [0, 0.05) is 5.41 Å². The average Bonchev–Trinajstić information content (AvgIpc) is 2.97. The highest BCUT2D eigenvalue weighted by Gasteiger charge is 2.60. The predicted molar refractivity (Wildman–Crippen MR) is 71.1 cm³/mol. The number of hydrogen-bond acceptors (Lipinski definition) is 4. The first-order chi connectivity index (χ1) is 9.43. The van der Waals surface area contributed by atoms with Crippen molar-refractivity contribution < 1.29 is 24.9 Å². The van der Waals surface area contributed by atoms with Crippen LogP contribution in [-0.2, 0) is 9.53 Å². The van der Waals surface area contributed by atoms with Gasteiger partial charge in [-0.15, -0.1) is 0 Å². The molecule has 2 bridgehead atoms. The molecule has 3 N–H and O–H groups in total. The topological polar surface area (TPSA) is 87.0 Å². The lowest BCUT2D eigenvalue weighted by Crippen LogP contribution is -2.49. The van der Waals surface area contributed by atoms with E-state index in [0.29, 0.717) is 19.4 Å². The van der Waals surface area contributed by atoms with E-state index in [1.54, 1.807) is 0 Å². The van der Waals surface area contributed by atoms with Crippen LogP contribution in [0.25, 0.3) is 0 Å². The van der Waals surface area contributed by atoms with Crippen LogP contribution >= 0.6 is 0 Å². The molecule has 0 aromatic rings. The number of allylic oxidation sites excluding steroid dienone is 1. The summed E-state index contributed by atoms with van der Waals surface area (Å²) in [6.45, 7) is 2.52. The van der Waals surface area contributed by atoms with Crippen LogP contribution < -0.4 is 0 Å². The van der Waals surface area contributed by atoms with Gasteiger partial charge in [-0.2, -0.15) is 0 Å². The number of rotatable bonds is 2. The Balaban J connectivity index is 1.98. The molecule has 3 rings (SSSR count). The molecule has 3 fully saturated rings. The zero-order valence-electron chi connectivity index (χ0n) is 11.8. The Hall–Kier alpha value is -0.910. The Morgan fingerprint density at radius 2 is 2.20 bits per heavy atom. The molecule has 20 heavy (non-hydrogen) atoms. The summed E-state index contributed by atoms with van der Waals surface area (Å²) in [6, 6.07) is 0. The molecule has 4 atom stereocenters. The van der Waals surface area contributed by atoms with Gasteiger partial charge in [0.15, 0.2) is 5.60 Å². The fraction of sp³-hybridized carbons (Fsp3) is 0.800. The van der Waals surface area contributed by atoms with E-state index in [9.17, 15) is 20.1 Å². The molecule has 0 aromatic heterocycles. The summed E-state index contributed by atoms with van der Waals surface area (Å²) in [7, 11) is 0. The van der Waals surface area contributed by atoms with Crippen molar-refractivity contribution in [2.75, 3.05) is 13.2 Å². The minimum atomic E-state index is -1.76. The Morgan fingerprint density at radius 1 is 1.45 bits per heavy atom. The van der Waals surface area contributed by atoms with Crippen molar-refractivity contribution in [2.24, 2.45) is 11.3 Å². The molecule has 2 aliphatic carbocycles. The van der Waals surface area contributed by atoms with Crippen molar-refractivity contribution in [3.8, 4) is 0 Å². The third-order valence-corrected chi connectivity index (χ3v) is 5.72. The second-order valence-electron chi connectivity index (χ2n) is 6.65. The Bertz CT molecular complexity index is 471. The zero-order chi connectivity index (χ0) is 14.5. The third kappa shape index (κ3) is 1.76. The standard InChI is InChI=1S/C15H22O5/c1-9(7-16)10-2-4-14-6-12(20-8-14)15(19,13(17)18)5-3-11(10)14/h11-12,16,19H,2-8H2,1H3,(H,17,18)/b10-9+/t11-,12-,14+,15-/m1/s1. The smallest absolute Gasteiger partial charge is 0.338 e. The van der Waals surface area contributed by atoms with E-state index < -0.39 is 17.7 Å². The number of hydrogen-bond donors (Lipinski definition) is 3. The van der Waals surface area contributed by atoms with Crippen molar-refractivity contribution in [3.05, 3.63) is 11.1 Å². The van der Waals surface area contributed by atoms with Crippen LogP contribution in [0, 0.1) is 11.3 Å². The van der Waals surface area contributed by atoms with E-state index in [4.69, 9.17) is 4.74 Å². The van der Waals surface area contributed by atoms with Crippen molar-refractivity contribution in [1.29, 1.82) is 0 Å². The van der Waals surface area contributed by atoms with E-state index in [-0.39, 0.29) is 24.4 Å². The maximum Gasteiger partial charge on any atom is 0.338 e. The highest BCUT2D eigenvalue weighted by atomic mass is 16.5. The van der Waals surface area contributed by atoms with E-state index in [2.05, 4.69) is 0 Å². The highest BCUT2D eigenvalue weighted by Crippen LogP contribution is 2.59. The summed E-state index contributed by atoms with van der Waals surface area (Å²) in [4.78, 5) is 11.4. The fourth-order valence-electron chi connectivity index (χ4n) is 4.44. The lowest BCUT2D eigenvalue weighted by molar-refractivity contribution is -0.174. The minimum Gasteiger partial charge on any atom is -0.479 e. The van der Waals surface area contributed by atoms with Crippen LogP contribution in [0.5, 0.6) is 0 Å². The van der Waals surface area contributed by atoms with E-state index in [0.717, 1.165) is 18.4 Å². The van der Waals surface area contributed by atoms with Crippen molar-refractivity contribution in [3.63, 3.8) is 0 Å². The molecule has 1 saturated heterocycles. The van der Waals surface area contributed by atoms with Gasteiger partial charge in [0.25, 0.3) is 0 Å². The van der Waals surface area contributed by atoms with E-state index >= 15 is 0 Å². The number of aliphatic hydroxyl groups is 2. The molecular weight excluding hydrogens is 260 g/mol. The maximum atomic E-state index is 11.4. The molecule has 3 aliphatic rings. The summed E-state index contributed by atoms with van der Waals surface area (Å²) in [5.41, 5.74) is 0.463. The fourth-order valence-corrected chi connectivity index (χ4v) is 4.44. The molecule has 1 heterocycles. The SMILES string of the molecule is C/C(CO)=C1/CC[C@@]23CO[C@H](C2)[C@@](O)(C(=O)O)CC[C@H]13. The van der Waals surface area contributed by atoms with Crippen LogP contribution in [0.1, 0.15) is 39.0 Å². The van der Waals surface area contributed by atoms with Gasteiger partial charge >= 0.3 is 5.97 Å². The van der Waals surface area contributed by atoms with Crippen LogP contribution in [0.15, 0.2) is 11.1 Å². The second kappa shape index (κ2) is 4.55. The predicted octanol–water partition coefficient (Wildman–Crippen LogP) is 1.09. The summed E-state index contributed by atoms with van der Waals surface area (Å²) >= 11 is 0. The van der Waals surface area contributed by atoms with Crippen molar-refractivity contribution in [2.45, 2.75) is 50.7 Å². The van der Waals surface area contributed by atoms with Crippen molar-refractivity contribution in [1.82, 2.24) is 0 Å². The number of carboxylic acids is 1.